The number of ether oxygens (including phenoxy) is 1. The molecule has 2 atom stereocenters. The summed E-state index contributed by atoms with van der Waals surface area (Å²) < 4.78 is 5.57. The number of rotatable bonds is 6. The number of nitrogens with one attached hydrogen (secondary N) is 1. The fourth-order valence-electron chi connectivity index (χ4n) is 3.16. The Labute approximate surface area is 144 Å². The number of hydrogen-bond acceptors (Lipinski definition) is 2. The summed E-state index contributed by atoms with van der Waals surface area (Å²) in [5.74, 6) is 0.102. The van der Waals surface area contributed by atoms with Crippen LogP contribution in [-0.2, 0) is 9.53 Å². The zero-order valence-corrected chi connectivity index (χ0v) is 14.2. The molecule has 3 heteroatoms. The molecule has 2 aromatic carbocycles. The maximum atomic E-state index is 12.1. The molecular formula is C21H25NO2. The van der Waals surface area contributed by atoms with Crippen LogP contribution in [0.5, 0.6) is 0 Å². The second-order valence-corrected chi connectivity index (χ2v) is 6.45. The number of amides is 1. The molecule has 1 fully saturated rings. The molecule has 2 aromatic rings. The van der Waals surface area contributed by atoms with Crippen molar-refractivity contribution in [3.63, 3.8) is 0 Å². The lowest BCUT2D eigenvalue weighted by Crippen LogP contribution is -2.27. The first-order chi connectivity index (χ1) is 11.7. The van der Waals surface area contributed by atoms with E-state index in [2.05, 4.69) is 41.7 Å². The second-order valence-electron chi connectivity index (χ2n) is 6.45. The molecule has 1 aliphatic heterocycles. The van der Waals surface area contributed by atoms with Gasteiger partial charge in [0.25, 0.3) is 0 Å². The van der Waals surface area contributed by atoms with Crippen LogP contribution in [0.4, 0.5) is 0 Å². The quantitative estimate of drug-likeness (QED) is 0.850. The Kier molecular flexibility index (Phi) is 5.65. The lowest BCUT2D eigenvalue weighted by atomic mass is 10.0. The predicted molar refractivity (Wildman–Crippen MR) is 96.6 cm³/mol. The molecule has 1 aliphatic rings. The van der Waals surface area contributed by atoms with Crippen LogP contribution in [0.3, 0.4) is 0 Å². The lowest BCUT2D eigenvalue weighted by molar-refractivity contribution is -0.122. The highest BCUT2D eigenvalue weighted by molar-refractivity contribution is 5.76. The molecule has 0 radical (unpaired) electrons. The summed E-state index contributed by atoms with van der Waals surface area (Å²) in [6.07, 6.45) is 3.85. The van der Waals surface area contributed by atoms with Gasteiger partial charge < -0.3 is 10.1 Å². The van der Waals surface area contributed by atoms with Gasteiger partial charge in [-0.15, -0.1) is 0 Å². The Balaban J connectivity index is 1.52. The van der Waals surface area contributed by atoms with Gasteiger partial charge in [0.05, 0.1) is 12.1 Å². The van der Waals surface area contributed by atoms with E-state index in [4.69, 9.17) is 4.74 Å². The average molecular weight is 323 g/mol. The van der Waals surface area contributed by atoms with Gasteiger partial charge in [0.15, 0.2) is 0 Å². The third kappa shape index (κ3) is 4.45. The highest BCUT2D eigenvalue weighted by Gasteiger charge is 2.17. The molecule has 3 rings (SSSR count). The summed E-state index contributed by atoms with van der Waals surface area (Å²) in [5.41, 5.74) is 3.52. The van der Waals surface area contributed by atoms with Gasteiger partial charge in [0.1, 0.15) is 0 Å². The molecule has 1 amide bonds. The van der Waals surface area contributed by atoms with Crippen LogP contribution >= 0.6 is 0 Å². The molecule has 24 heavy (non-hydrogen) atoms. The van der Waals surface area contributed by atoms with Crippen LogP contribution in [0.25, 0.3) is 11.1 Å². The van der Waals surface area contributed by atoms with Crippen LogP contribution in [0, 0.1) is 0 Å². The second kappa shape index (κ2) is 8.11. The van der Waals surface area contributed by atoms with E-state index in [0.29, 0.717) is 6.42 Å². The Morgan fingerprint density at radius 1 is 1.12 bits per heavy atom. The van der Waals surface area contributed by atoms with Crippen LogP contribution in [0.1, 0.15) is 44.2 Å². The van der Waals surface area contributed by atoms with Gasteiger partial charge in [0.2, 0.25) is 5.91 Å². The van der Waals surface area contributed by atoms with Crippen LogP contribution in [-0.4, -0.2) is 18.6 Å². The molecule has 1 N–H and O–H groups in total. The third-order valence-corrected chi connectivity index (χ3v) is 4.61. The zero-order chi connectivity index (χ0) is 16.8. The molecule has 1 heterocycles. The SMILES string of the molecule is CC(NC(=O)CCC1CCCO1)c1ccc(-c2ccccc2)cc1. The van der Waals surface area contributed by atoms with Crippen molar-refractivity contribution < 1.29 is 9.53 Å². The molecule has 2 unspecified atom stereocenters. The number of carbonyl (C=O) groups excluding carboxylic acids is 1. The van der Waals surface area contributed by atoms with E-state index in [0.717, 1.165) is 31.4 Å². The molecule has 0 aliphatic carbocycles. The van der Waals surface area contributed by atoms with Gasteiger partial charge in [-0.1, -0.05) is 54.6 Å². The fraction of sp³-hybridized carbons (Fsp3) is 0.381. The third-order valence-electron chi connectivity index (χ3n) is 4.61. The van der Waals surface area contributed by atoms with Crippen molar-refractivity contribution in [1.29, 1.82) is 0 Å². The van der Waals surface area contributed by atoms with Crippen molar-refractivity contribution in [3.05, 3.63) is 60.2 Å². The van der Waals surface area contributed by atoms with Crippen molar-refractivity contribution in [2.45, 2.75) is 44.8 Å². The summed E-state index contributed by atoms with van der Waals surface area (Å²) >= 11 is 0. The van der Waals surface area contributed by atoms with Gasteiger partial charge in [-0.3, -0.25) is 4.79 Å². The highest BCUT2D eigenvalue weighted by Crippen LogP contribution is 2.22. The summed E-state index contributed by atoms with van der Waals surface area (Å²) in [4.78, 5) is 12.1. The van der Waals surface area contributed by atoms with Crippen molar-refractivity contribution in [1.82, 2.24) is 5.32 Å². The molecule has 0 bridgehead atoms. The highest BCUT2D eigenvalue weighted by atomic mass is 16.5. The minimum atomic E-state index is 0.0202. The van der Waals surface area contributed by atoms with Crippen LogP contribution in [0.2, 0.25) is 0 Å². The fourth-order valence-corrected chi connectivity index (χ4v) is 3.16. The van der Waals surface area contributed by atoms with Crippen molar-refractivity contribution in [2.75, 3.05) is 6.61 Å². The number of benzene rings is 2. The maximum absolute atomic E-state index is 12.1. The van der Waals surface area contributed by atoms with Gasteiger partial charge in [-0.05, 0) is 42.9 Å². The van der Waals surface area contributed by atoms with E-state index in [1.54, 1.807) is 0 Å². The van der Waals surface area contributed by atoms with Gasteiger partial charge >= 0.3 is 0 Å². The molecule has 126 valence electrons. The van der Waals surface area contributed by atoms with Crippen molar-refractivity contribution in [2.24, 2.45) is 0 Å². The molecular weight excluding hydrogens is 298 g/mol. The summed E-state index contributed by atoms with van der Waals surface area (Å²) in [6, 6.07) is 18.7. The average Bonchev–Trinajstić information content (AvgIpc) is 3.14. The Morgan fingerprint density at radius 3 is 2.50 bits per heavy atom. The minimum Gasteiger partial charge on any atom is -0.378 e. The van der Waals surface area contributed by atoms with Crippen LogP contribution in [0.15, 0.2) is 54.6 Å². The van der Waals surface area contributed by atoms with E-state index < -0.39 is 0 Å². The molecule has 1 saturated heterocycles. The van der Waals surface area contributed by atoms with Gasteiger partial charge in [0, 0.05) is 13.0 Å². The first-order valence-electron chi connectivity index (χ1n) is 8.79. The molecule has 0 aromatic heterocycles. The van der Waals surface area contributed by atoms with E-state index in [1.807, 2.05) is 25.1 Å². The first kappa shape index (κ1) is 16.7. The monoisotopic (exact) mass is 323 g/mol. The van der Waals surface area contributed by atoms with Crippen LogP contribution < -0.4 is 5.32 Å². The Bertz CT molecular complexity index is 645. The zero-order valence-electron chi connectivity index (χ0n) is 14.2. The topological polar surface area (TPSA) is 38.3 Å². The van der Waals surface area contributed by atoms with Gasteiger partial charge in [-0.25, -0.2) is 0 Å². The standard InChI is InChI=1S/C21H25NO2/c1-16(22-21(23)14-13-20-8-5-15-24-20)17-9-11-19(12-10-17)18-6-3-2-4-7-18/h2-4,6-7,9-12,16,20H,5,8,13-15H2,1H3,(H,22,23). The van der Waals surface area contributed by atoms with E-state index in [-0.39, 0.29) is 18.1 Å². The predicted octanol–water partition coefficient (Wildman–Crippen LogP) is 4.49. The van der Waals surface area contributed by atoms with E-state index in [1.165, 1.54) is 11.1 Å². The van der Waals surface area contributed by atoms with E-state index >= 15 is 0 Å². The largest absolute Gasteiger partial charge is 0.378 e. The molecule has 0 spiro atoms. The molecule has 3 nitrogen and oxygen atoms in total. The van der Waals surface area contributed by atoms with E-state index in [9.17, 15) is 4.79 Å². The van der Waals surface area contributed by atoms with Gasteiger partial charge in [-0.2, -0.15) is 0 Å². The first-order valence-corrected chi connectivity index (χ1v) is 8.79. The Hall–Kier alpha value is -2.13. The summed E-state index contributed by atoms with van der Waals surface area (Å²) in [7, 11) is 0. The maximum Gasteiger partial charge on any atom is 0.220 e. The summed E-state index contributed by atoms with van der Waals surface area (Å²) in [6.45, 7) is 2.87. The molecule has 0 saturated carbocycles. The normalized spacial score (nSPS) is 18.3. The Morgan fingerprint density at radius 2 is 1.83 bits per heavy atom. The van der Waals surface area contributed by atoms with Crippen molar-refractivity contribution >= 4 is 5.91 Å². The smallest absolute Gasteiger partial charge is 0.220 e. The number of carbonyl (C=O) groups is 1. The van der Waals surface area contributed by atoms with Crippen molar-refractivity contribution in [3.8, 4) is 11.1 Å². The number of hydrogen-bond donors (Lipinski definition) is 1. The lowest BCUT2D eigenvalue weighted by Gasteiger charge is -2.16. The summed E-state index contributed by atoms with van der Waals surface area (Å²) in [5, 5.41) is 3.08. The minimum absolute atomic E-state index is 0.0202.